The lowest BCUT2D eigenvalue weighted by molar-refractivity contribution is -0.268. The Morgan fingerprint density at radius 2 is 1.92 bits per heavy atom. The third-order valence-corrected chi connectivity index (χ3v) is 4.88. The van der Waals surface area contributed by atoms with Gasteiger partial charge in [-0.25, -0.2) is 4.98 Å². The zero-order valence-electron chi connectivity index (χ0n) is 13.8. The van der Waals surface area contributed by atoms with Crippen LogP contribution in [0.1, 0.15) is 24.8 Å². The molecule has 1 aromatic heterocycles. The normalized spacial score (nSPS) is 14.2. The van der Waals surface area contributed by atoms with E-state index < -0.39 is 41.6 Å². The zero-order chi connectivity index (χ0) is 19.5. The fraction of sp³-hybridized carbons (Fsp3) is 0.438. The van der Waals surface area contributed by atoms with Crippen molar-refractivity contribution in [1.29, 1.82) is 0 Å². The van der Waals surface area contributed by atoms with E-state index in [1.165, 1.54) is 6.07 Å². The van der Waals surface area contributed by atoms with Gasteiger partial charge in [0.1, 0.15) is 11.6 Å². The van der Waals surface area contributed by atoms with Crippen LogP contribution < -0.4 is 0 Å². The predicted octanol–water partition coefficient (Wildman–Crippen LogP) is 2.76. The number of aromatic nitrogens is 1. The number of carbonyl (C=O) groups excluding carboxylic acids is 1. The SMILES string of the molecule is CCCN(CC(=O)O)C(=O)CC(O)(c1nc2ccccc2s1)C(F)(F)F. The van der Waals surface area contributed by atoms with Crippen molar-refractivity contribution in [3.63, 3.8) is 0 Å². The number of hydrogen-bond acceptors (Lipinski definition) is 5. The van der Waals surface area contributed by atoms with Crippen molar-refractivity contribution in [1.82, 2.24) is 9.88 Å². The fourth-order valence-corrected chi connectivity index (χ4v) is 3.48. The number of alkyl halides is 3. The number of aliphatic carboxylic acids is 1. The molecule has 1 heterocycles. The van der Waals surface area contributed by atoms with Crippen LogP contribution in [-0.4, -0.2) is 51.2 Å². The second-order valence-corrected chi connectivity index (χ2v) is 6.76. The molecule has 26 heavy (non-hydrogen) atoms. The molecule has 0 spiro atoms. The minimum absolute atomic E-state index is 0.0289. The molecule has 2 N–H and O–H groups in total. The fourth-order valence-electron chi connectivity index (χ4n) is 2.40. The largest absolute Gasteiger partial charge is 0.480 e. The van der Waals surface area contributed by atoms with Crippen molar-refractivity contribution >= 4 is 33.4 Å². The molecule has 142 valence electrons. The van der Waals surface area contributed by atoms with Gasteiger partial charge in [-0.15, -0.1) is 11.3 Å². The van der Waals surface area contributed by atoms with E-state index in [-0.39, 0.29) is 12.1 Å². The molecular weight excluding hydrogens is 373 g/mol. The van der Waals surface area contributed by atoms with E-state index in [0.29, 0.717) is 22.5 Å². The number of para-hydroxylation sites is 1. The van der Waals surface area contributed by atoms with Gasteiger partial charge < -0.3 is 15.1 Å². The molecular formula is C16H17F3N2O4S. The van der Waals surface area contributed by atoms with Crippen molar-refractivity contribution in [2.24, 2.45) is 0 Å². The van der Waals surface area contributed by atoms with Crippen LogP contribution in [0.3, 0.4) is 0 Å². The number of thiazole rings is 1. The Hall–Kier alpha value is -2.20. The van der Waals surface area contributed by atoms with Gasteiger partial charge in [0.15, 0.2) is 0 Å². The predicted molar refractivity (Wildman–Crippen MR) is 88.7 cm³/mol. The molecule has 2 aromatic rings. The maximum atomic E-state index is 13.6. The molecule has 0 saturated heterocycles. The Morgan fingerprint density at radius 3 is 2.46 bits per heavy atom. The molecule has 2 rings (SSSR count). The van der Waals surface area contributed by atoms with Crippen LogP contribution in [0.5, 0.6) is 0 Å². The summed E-state index contributed by atoms with van der Waals surface area (Å²) in [6.45, 7) is 0.894. The maximum Gasteiger partial charge on any atom is 0.424 e. The monoisotopic (exact) mass is 390 g/mol. The summed E-state index contributed by atoms with van der Waals surface area (Å²) in [6, 6.07) is 6.28. The van der Waals surface area contributed by atoms with E-state index in [2.05, 4.69) is 4.98 Å². The molecule has 0 saturated carbocycles. The number of halogens is 3. The van der Waals surface area contributed by atoms with Crippen LogP contribution in [0.15, 0.2) is 24.3 Å². The molecule has 10 heteroatoms. The lowest BCUT2D eigenvalue weighted by Crippen LogP contribution is -2.48. The third kappa shape index (κ3) is 4.13. The van der Waals surface area contributed by atoms with E-state index in [1.54, 1.807) is 25.1 Å². The highest BCUT2D eigenvalue weighted by Gasteiger charge is 2.58. The van der Waals surface area contributed by atoms with Crippen molar-refractivity contribution in [3.8, 4) is 0 Å². The van der Waals surface area contributed by atoms with Crippen LogP contribution >= 0.6 is 11.3 Å². The summed E-state index contributed by atoms with van der Waals surface area (Å²) >= 11 is 0.644. The van der Waals surface area contributed by atoms with Gasteiger partial charge in [0.2, 0.25) is 11.5 Å². The smallest absolute Gasteiger partial charge is 0.424 e. The molecule has 6 nitrogen and oxygen atoms in total. The summed E-state index contributed by atoms with van der Waals surface area (Å²) in [4.78, 5) is 27.8. The number of carboxylic acid groups (broad SMARTS) is 1. The van der Waals surface area contributed by atoms with Crippen LogP contribution in [0.2, 0.25) is 0 Å². The summed E-state index contributed by atoms with van der Waals surface area (Å²) in [6.07, 6.45) is -6.12. The van der Waals surface area contributed by atoms with Crippen LogP contribution in [0.25, 0.3) is 10.2 Å². The first-order chi connectivity index (χ1) is 12.1. The van der Waals surface area contributed by atoms with Crippen LogP contribution in [0.4, 0.5) is 13.2 Å². The molecule has 1 atom stereocenters. The number of rotatable bonds is 7. The van der Waals surface area contributed by atoms with Crippen molar-refractivity contribution in [2.45, 2.75) is 31.5 Å². The van der Waals surface area contributed by atoms with Gasteiger partial charge in [-0.3, -0.25) is 9.59 Å². The number of benzene rings is 1. The molecule has 0 aliphatic carbocycles. The quantitative estimate of drug-likeness (QED) is 0.759. The van der Waals surface area contributed by atoms with E-state index in [9.17, 15) is 27.9 Å². The average molecular weight is 390 g/mol. The van der Waals surface area contributed by atoms with Crippen molar-refractivity contribution in [3.05, 3.63) is 29.3 Å². The summed E-state index contributed by atoms with van der Waals surface area (Å²) < 4.78 is 41.3. The van der Waals surface area contributed by atoms with Gasteiger partial charge in [-0.2, -0.15) is 13.2 Å². The summed E-state index contributed by atoms with van der Waals surface area (Å²) in [5, 5.41) is 18.6. The summed E-state index contributed by atoms with van der Waals surface area (Å²) in [7, 11) is 0. The Morgan fingerprint density at radius 1 is 1.27 bits per heavy atom. The third-order valence-electron chi connectivity index (χ3n) is 3.70. The summed E-state index contributed by atoms with van der Waals surface area (Å²) in [5.74, 6) is -2.45. The van der Waals surface area contributed by atoms with Crippen molar-refractivity contribution < 1.29 is 33.0 Å². The summed E-state index contributed by atoms with van der Waals surface area (Å²) in [5.41, 5.74) is -3.21. The first kappa shape index (κ1) is 20.1. The number of carbonyl (C=O) groups is 2. The molecule has 0 aliphatic heterocycles. The number of carboxylic acids is 1. The standard InChI is InChI=1S/C16H17F3N2O4S/c1-2-7-21(9-13(23)24)12(22)8-15(25,16(17,18)19)14-20-10-5-3-4-6-11(10)26-14/h3-6,25H,2,7-9H2,1H3,(H,23,24). The van der Waals surface area contributed by atoms with E-state index in [1.807, 2.05) is 0 Å². The average Bonchev–Trinajstić information content (AvgIpc) is 2.97. The van der Waals surface area contributed by atoms with E-state index in [0.717, 1.165) is 4.90 Å². The lowest BCUT2D eigenvalue weighted by Gasteiger charge is -2.30. The molecule has 0 radical (unpaired) electrons. The van der Waals surface area contributed by atoms with E-state index >= 15 is 0 Å². The van der Waals surface area contributed by atoms with Gasteiger partial charge >= 0.3 is 12.1 Å². The Labute approximate surface area is 150 Å². The Kier molecular flexibility index (Phi) is 5.87. The molecule has 0 aliphatic rings. The highest BCUT2D eigenvalue weighted by atomic mass is 32.1. The minimum atomic E-state index is -5.16. The van der Waals surface area contributed by atoms with Crippen LogP contribution in [0, 0.1) is 0 Å². The van der Waals surface area contributed by atoms with Crippen LogP contribution in [-0.2, 0) is 15.2 Å². The van der Waals surface area contributed by atoms with Crippen molar-refractivity contribution in [2.75, 3.05) is 13.1 Å². The number of amides is 1. The minimum Gasteiger partial charge on any atom is -0.480 e. The molecule has 1 amide bonds. The first-order valence-electron chi connectivity index (χ1n) is 7.73. The molecule has 0 bridgehead atoms. The highest BCUT2D eigenvalue weighted by Crippen LogP contribution is 2.44. The first-order valence-corrected chi connectivity index (χ1v) is 8.55. The molecule has 1 unspecified atom stereocenters. The van der Waals surface area contributed by atoms with Gasteiger partial charge in [-0.1, -0.05) is 19.1 Å². The lowest BCUT2D eigenvalue weighted by atomic mass is 9.98. The molecule has 0 fully saturated rings. The Bertz CT molecular complexity index is 775. The van der Waals surface area contributed by atoms with E-state index in [4.69, 9.17) is 5.11 Å². The van der Waals surface area contributed by atoms with Gasteiger partial charge in [-0.05, 0) is 18.6 Å². The Balaban J connectivity index is 2.40. The topological polar surface area (TPSA) is 90.7 Å². The zero-order valence-corrected chi connectivity index (χ0v) is 14.6. The number of nitrogens with zero attached hydrogens (tertiary/aromatic N) is 2. The highest BCUT2D eigenvalue weighted by molar-refractivity contribution is 7.18. The van der Waals surface area contributed by atoms with Gasteiger partial charge in [0.25, 0.3) is 0 Å². The number of fused-ring (bicyclic) bond motifs is 1. The second kappa shape index (κ2) is 7.58. The van der Waals surface area contributed by atoms with Gasteiger partial charge in [0.05, 0.1) is 16.6 Å². The maximum absolute atomic E-state index is 13.6. The molecule has 1 aromatic carbocycles. The number of hydrogen-bond donors (Lipinski definition) is 2. The van der Waals surface area contributed by atoms with Gasteiger partial charge in [0, 0.05) is 6.54 Å². The number of aliphatic hydroxyl groups is 1. The second-order valence-electron chi connectivity index (χ2n) is 5.73.